The molecule has 0 saturated carbocycles. The van der Waals surface area contributed by atoms with Crippen molar-refractivity contribution >= 4 is 5.71 Å². The van der Waals surface area contributed by atoms with Gasteiger partial charge in [-0.1, -0.05) is 6.92 Å². The zero-order chi connectivity index (χ0) is 7.98. The summed E-state index contributed by atoms with van der Waals surface area (Å²) in [6, 6.07) is 0.413. The lowest BCUT2D eigenvalue weighted by molar-refractivity contribution is 0.717. The molecule has 0 aliphatic rings. The number of aliphatic imine (C=N–C) groups is 1. The Morgan fingerprint density at radius 2 is 2.30 bits per heavy atom. The van der Waals surface area contributed by atoms with Crippen LogP contribution >= 0.6 is 0 Å². The summed E-state index contributed by atoms with van der Waals surface area (Å²) in [4.78, 5) is 4.34. The second-order valence-electron chi connectivity index (χ2n) is 2.39. The standard InChI is InChI=1S/C8H16N2/c1-4-7(2)10-8(3)5-6-9/h5-7H,4,9H2,1-3H3/b6-5-,10-8?. The summed E-state index contributed by atoms with van der Waals surface area (Å²) < 4.78 is 0. The molecule has 2 N–H and O–H groups in total. The molecule has 0 amide bonds. The Balaban J connectivity index is 3.89. The van der Waals surface area contributed by atoms with Crippen molar-refractivity contribution in [1.29, 1.82) is 0 Å². The SMILES string of the molecule is CCC(C)N=C(C)/C=C\N. The van der Waals surface area contributed by atoms with Crippen molar-refractivity contribution in [1.82, 2.24) is 0 Å². The maximum Gasteiger partial charge on any atom is 0.0472 e. The minimum Gasteiger partial charge on any atom is -0.405 e. The van der Waals surface area contributed by atoms with Crippen LogP contribution in [0.25, 0.3) is 0 Å². The van der Waals surface area contributed by atoms with Crippen LogP contribution in [0.3, 0.4) is 0 Å². The third-order valence-corrected chi connectivity index (χ3v) is 1.35. The average Bonchev–Trinajstić information content (AvgIpc) is 1.88. The van der Waals surface area contributed by atoms with E-state index in [-0.39, 0.29) is 0 Å². The lowest BCUT2D eigenvalue weighted by atomic mass is 10.2. The van der Waals surface area contributed by atoms with Crippen molar-refractivity contribution in [3.63, 3.8) is 0 Å². The number of rotatable bonds is 3. The first kappa shape index (κ1) is 9.21. The monoisotopic (exact) mass is 140 g/mol. The van der Waals surface area contributed by atoms with E-state index in [2.05, 4.69) is 18.8 Å². The summed E-state index contributed by atoms with van der Waals surface area (Å²) in [5, 5.41) is 0. The lowest BCUT2D eigenvalue weighted by Gasteiger charge is -2.00. The molecule has 0 bridgehead atoms. The van der Waals surface area contributed by atoms with Gasteiger partial charge in [0.15, 0.2) is 0 Å². The molecule has 0 aromatic rings. The summed E-state index contributed by atoms with van der Waals surface area (Å²) in [5.41, 5.74) is 6.18. The second kappa shape index (κ2) is 5.03. The van der Waals surface area contributed by atoms with Gasteiger partial charge < -0.3 is 5.73 Å². The first-order chi connectivity index (χ1) is 4.70. The van der Waals surface area contributed by atoms with Gasteiger partial charge in [-0.2, -0.15) is 0 Å². The third-order valence-electron chi connectivity index (χ3n) is 1.35. The lowest BCUT2D eigenvalue weighted by Crippen LogP contribution is -1.99. The Labute approximate surface area is 62.8 Å². The molecule has 0 aliphatic carbocycles. The first-order valence-corrected chi connectivity index (χ1v) is 3.63. The molecule has 2 heteroatoms. The molecule has 0 spiro atoms. The number of hydrogen-bond acceptors (Lipinski definition) is 2. The zero-order valence-electron chi connectivity index (χ0n) is 6.96. The van der Waals surface area contributed by atoms with E-state index in [1.807, 2.05) is 13.0 Å². The van der Waals surface area contributed by atoms with Crippen LogP contribution in [0.2, 0.25) is 0 Å². The predicted molar refractivity (Wildman–Crippen MR) is 46.2 cm³/mol. The van der Waals surface area contributed by atoms with Crippen molar-refractivity contribution in [3.05, 3.63) is 12.3 Å². The maximum absolute atomic E-state index is 5.19. The molecule has 58 valence electrons. The molecule has 1 atom stereocenters. The molecular weight excluding hydrogens is 124 g/mol. The van der Waals surface area contributed by atoms with Crippen molar-refractivity contribution in [2.45, 2.75) is 33.2 Å². The Morgan fingerprint density at radius 1 is 1.70 bits per heavy atom. The normalized spacial score (nSPS) is 16.1. The van der Waals surface area contributed by atoms with E-state index >= 15 is 0 Å². The van der Waals surface area contributed by atoms with Crippen LogP contribution in [0.15, 0.2) is 17.3 Å². The fourth-order valence-electron chi connectivity index (χ4n) is 0.621. The zero-order valence-corrected chi connectivity index (χ0v) is 6.96. The molecule has 0 aromatic carbocycles. The van der Waals surface area contributed by atoms with E-state index in [0.717, 1.165) is 12.1 Å². The van der Waals surface area contributed by atoms with Gasteiger partial charge >= 0.3 is 0 Å². The van der Waals surface area contributed by atoms with Crippen LogP contribution in [0, 0.1) is 0 Å². The highest BCUT2D eigenvalue weighted by molar-refractivity contribution is 5.92. The van der Waals surface area contributed by atoms with Crippen molar-refractivity contribution in [2.24, 2.45) is 10.7 Å². The fourth-order valence-corrected chi connectivity index (χ4v) is 0.621. The summed E-state index contributed by atoms with van der Waals surface area (Å²) in [6.45, 7) is 6.16. The Hall–Kier alpha value is -0.790. The van der Waals surface area contributed by atoms with Gasteiger partial charge in [-0.05, 0) is 32.5 Å². The van der Waals surface area contributed by atoms with Gasteiger partial charge in [0.1, 0.15) is 0 Å². The topological polar surface area (TPSA) is 38.4 Å². The highest BCUT2D eigenvalue weighted by Crippen LogP contribution is 1.95. The van der Waals surface area contributed by atoms with E-state index in [1.165, 1.54) is 6.20 Å². The summed E-state index contributed by atoms with van der Waals surface area (Å²) >= 11 is 0. The van der Waals surface area contributed by atoms with E-state index < -0.39 is 0 Å². The molecule has 0 saturated heterocycles. The highest BCUT2D eigenvalue weighted by atomic mass is 14.8. The van der Waals surface area contributed by atoms with E-state index in [4.69, 9.17) is 5.73 Å². The molecule has 0 fully saturated rings. The number of nitrogens with two attached hydrogens (primary N) is 1. The summed E-state index contributed by atoms with van der Waals surface area (Å²) in [7, 11) is 0. The third kappa shape index (κ3) is 4.13. The smallest absolute Gasteiger partial charge is 0.0472 e. The van der Waals surface area contributed by atoms with Crippen LogP contribution in [0.1, 0.15) is 27.2 Å². The first-order valence-electron chi connectivity index (χ1n) is 3.63. The van der Waals surface area contributed by atoms with Gasteiger partial charge in [-0.15, -0.1) is 0 Å². The summed E-state index contributed by atoms with van der Waals surface area (Å²) in [6.07, 6.45) is 4.41. The fraction of sp³-hybridized carbons (Fsp3) is 0.625. The second-order valence-corrected chi connectivity index (χ2v) is 2.39. The molecule has 0 aromatic heterocycles. The van der Waals surface area contributed by atoms with Gasteiger partial charge in [0.2, 0.25) is 0 Å². The molecule has 10 heavy (non-hydrogen) atoms. The van der Waals surface area contributed by atoms with Gasteiger partial charge in [0.05, 0.1) is 0 Å². The Bertz CT molecular complexity index is 136. The molecule has 2 nitrogen and oxygen atoms in total. The van der Waals surface area contributed by atoms with Crippen molar-refractivity contribution in [3.8, 4) is 0 Å². The van der Waals surface area contributed by atoms with E-state index in [0.29, 0.717) is 6.04 Å². The Kier molecular flexibility index (Phi) is 4.63. The van der Waals surface area contributed by atoms with Crippen LogP contribution in [0.5, 0.6) is 0 Å². The van der Waals surface area contributed by atoms with Gasteiger partial charge in [0, 0.05) is 11.8 Å². The minimum atomic E-state index is 0.413. The number of nitrogens with zero attached hydrogens (tertiary/aromatic N) is 1. The van der Waals surface area contributed by atoms with Gasteiger partial charge in [-0.3, -0.25) is 4.99 Å². The largest absolute Gasteiger partial charge is 0.405 e. The Morgan fingerprint density at radius 3 is 2.70 bits per heavy atom. The van der Waals surface area contributed by atoms with Crippen LogP contribution in [-0.4, -0.2) is 11.8 Å². The molecule has 0 heterocycles. The predicted octanol–water partition coefficient (Wildman–Crippen LogP) is 1.72. The minimum absolute atomic E-state index is 0.413. The van der Waals surface area contributed by atoms with Crippen LogP contribution < -0.4 is 5.73 Å². The van der Waals surface area contributed by atoms with Crippen molar-refractivity contribution in [2.75, 3.05) is 0 Å². The number of hydrogen-bond donors (Lipinski definition) is 1. The van der Waals surface area contributed by atoms with Crippen molar-refractivity contribution < 1.29 is 0 Å². The molecule has 1 unspecified atom stereocenters. The van der Waals surface area contributed by atoms with Gasteiger partial charge in [-0.25, -0.2) is 0 Å². The van der Waals surface area contributed by atoms with Crippen LogP contribution in [-0.2, 0) is 0 Å². The molecule has 0 radical (unpaired) electrons. The quantitative estimate of drug-likeness (QED) is 0.595. The average molecular weight is 140 g/mol. The van der Waals surface area contributed by atoms with E-state index in [1.54, 1.807) is 0 Å². The molecule has 0 aliphatic heterocycles. The van der Waals surface area contributed by atoms with Crippen LogP contribution in [0.4, 0.5) is 0 Å². The maximum atomic E-state index is 5.19. The molecule has 0 rings (SSSR count). The van der Waals surface area contributed by atoms with E-state index in [9.17, 15) is 0 Å². The summed E-state index contributed by atoms with van der Waals surface area (Å²) in [5.74, 6) is 0. The number of allylic oxidation sites excluding steroid dienone is 1. The molecular formula is C8H16N2. The van der Waals surface area contributed by atoms with Gasteiger partial charge in [0.25, 0.3) is 0 Å². The highest BCUT2D eigenvalue weighted by Gasteiger charge is 1.92.